The number of aromatic nitrogens is 2. The molecule has 7 heteroatoms. The van der Waals surface area contributed by atoms with Crippen LogP contribution < -0.4 is 11.1 Å². The highest BCUT2D eigenvalue weighted by Crippen LogP contribution is 2.19. The second-order valence-electron chi connectivity index (χ2n) is 4.50. The zero-order valence-electron chi connectivity index (χ0n) is 11.8. The highest BCUT2D eigenvalue weighted by atomic mass is 16.4. The fourth-order valence-electron chi connectivity index (χ4n) is 1.88. The first-order chi connectivity index (χ1) is 10.0. The molecule has 0 bridgehead atoms. The van der Waals surface area contributed by atoms with Crippen LogP contribution in [0.4, 0.5) is 0 Å². The van der Waals surface area contributed by atoms with E-state index in [2.05, 4.69) is 15.3 Å². The van der Waals surface area contributed by atoms with E-state index >= 15 is 0 Å². The van der Waals surface area contributed by atoms with Gasteiger partial charge in [0.15, 0.2) is 0 Å². The highest BCUT2D eigenvalue weighted by Gasteiger charge is 2.22. The van der Waals surface area contributed by atoms with E-state index in [0.29, 0.717) is 17.7 Å². The molecule has 0 spiro atoms. The van der Waals surface area contributed by atoms with E-state index in [1.165, 1.54) is 12.4 Å². The molecule has 2 amide bonds. The van der Waals surface area contributed by atoms with E-state index in [-0.39, 0.29) is 17.6 Å². The molecule has 0 radical (unpaired) electrons. The lowest BCUT2D eigenvalue weighted by Gasteiger charge is -2.13. The van der Waals surface area contributed by atoms with Crippen LogP contribution in [0.1, 0.15) is 51.9 Å². The first-order valence-corrected chi connectivity index (χ1v) is 6.51. The summed E-state index contributed by atoms with van der Waals surface area (Å²) < 4.78 is 5.35. The van der Waals surface area contributed by atoms with Gasteiger partial charge in [-0.05, 0) is 25.5 Å². The third kappa shape index (κ3) is 3.25. The van der Waals surface area contributed by atoms with E-state index in [0.717, 1.165) is 0 Å². The molecule has 0 fully saturated rings. The van der Waals surface area contributed by atoms with Gasteiger partial charge in [0.25, 0.3) is 11.8 Å². The van der Waals surface area contributed by atoms with Gasteiger partial charge in [-0.25, -0.2) is 4.98 Å². The van der Waals surface area contributed by atoms with Crippen molar-refractivity contribution in [3.63, 3.8) is 0 Å². The van der Waals surface area contributed by atoms with E-state index in [9.17, 15) is 9.59 Å². The van der Waals surface area contributed by atoms with Gasteiger partial charge in [-0.2, -0.15) is 0 Å². The molecule has 2 aromatic rings. The molecule has 0 aromatic carbocycles. The molecule has 0 saturated carbocycles. The lowest BCUT2D eigenvalue weighted by molar-refractivity contribution is 0.0928. The van der Waals surface area contributed by atoms with Crippen molar-refractivity contribution in [3.05, 3.63) is 47.4 Å². The Morgan fingerprint density at radius 2 is 2.05 bits per heavy atom. The van der Waals surface area contributed by atoms with Gasteiger partial charge in [-0.1, -0.05) is 6.92 Å². The Balaban J connectivity index is 2.19. The van der Waals surface area contributed by atoms with Gasteiger partial charge in [0.05, 0.1) is 5.69 Å². The molecule has 110 valence electrons. The van der Waals surface area contributed by atoms with Crippen LogP contribution in [0.2, 0.25) is 0 Å². The van der Waals surface area contributed by atoms with Crippen molar-refractivity contribution in [3.8, 4) is 0 Å². The molecule has 21 heavy (non-hydrogen) atoms. The fraction of sp³-hybridized carbons (Fsp3) is 0.286. The maximum Gasteiger partial charge on any atom is 0.286 e. The summed E-state index contributed by atoms with van der Waals surface area (Å²) in [6.45, 7) is 3.51. The molecule has 0 saturated heterocycles. The predicted octanol–water partition coefficient (Wildman–Crippen LogP) is 1.36. The molecule has 2 aromatic heterocycles. The maximum atomic E-state index is 12.1. The van der Waals surface area contributed by atoms with Crippen LogP contribution in [-0.2, 0) is 0 Å². The number of nitrogens with one attached hydrogen (secondary N) is 1. The van der Waals surface area contributed by atoms with Crippen molar-refractivity contribution in [2.24, 2.45) is 5.73 Å². The van der Waals surface area contributed by atoms with Crippen LogP contribution in [-0.4, -0.2) is 21.8 Å². The summed E-state index contributed by atoms with van der Waals surface area (Å²) in [6.07, 6.45) is 3.64. The number of hydrogen-bond donors (Lipinski definition) is 2. The molecule has 2 rings (SSSR count). The number of nitrogens with two attached hydrogens (primary N) is 1. The number of oxazole rings is 1. The maximum absolute atomic E-state index is 12.1. The van der Waals surface area contributed by atoms with Gasteiger partial charge < -0.3 is 15.5 Å². The Bertz CT molecular complexity index is 651. The summed E-state index contributed by atoms with van der Waals surface area (Å²) in [5, 5.41) is 2.80. The first kappa shape index (κ1) is 14.7. The number of carbonyl (C=O) groups is 2. The summed E-state index contributed by atoms with van der Waals surface area (Å²) >= 11 is 0. The third-order valence-corrected chi connectivity index (χ3v) is 2.99. The Morgan fingerprint density at radius 1 is 1.38 bits per heavy atom. The van der Waals surface area contributed by atoms with E-state index in [1.54, 1.807) is 19.1 Å². The Labute approximate surface area is 121 Å². The van der Waals surface area contributed by atoms with E-state index < -0.39 is 11.9 Å². The van der Waals surface area contributed by atoms with E-state index in [1.807, 2.05) is 6.92 Å². The van der Waals surface area contributed by atoms with Crippen molar-refractivity contribution in [2.45, 2.75) is 26.3 Å². The molecule has 0 aliphatic heterocycles. The molecular formula is C14H16N4O3. The van der Waals surface area contributed by atoms with Crippen LogP contribution in [0.15, 0.2) is 28.9 Å². The Morgan fingerprint density at radius 3 is 2.57 bits per heavy atom. The Kier molecular flexibility index (Phi) is 4.32. The second-order valence-corrected chi connectivity index (χ2v) is 4.50. The van der Waals surface area contributed by atoms with Crippen molar-refractivity contribution in [2.75, 3.05) is 0 Å². The minimum atomic E-state index is -0.679. The summed E-state index contributed by atoms with van der Waals surface area (Å²) in [7, 11) is 0. The van der Waals surface area contributed by atoms with Gasteiger partial charge in [0, 0.05) is 18.0 Å². The first-order valence-electron chi connectivity index (χ1n) is 6.51. The van der Waals surface area contributed by atoms with Crippen molar-refractivity contribution >= 4 is 11.8 Å². The summed E-state index contributed by atoms with van der Waals surface area (Å²) in [5.74, 6) is -0.657. The second kappa shape index (κ2) is 6.17. The number of nitrogens with zero attached hydrogens (tertiary/aromatic N) is 2. The molecule has 0 aliphatic carbocycles. The zero-order valence-corrected chi connectivity index (χ0v) is 11.8. The number of rotatable bonds is 5. The van der Waals surface area contributed by atoms with Crippen LogP contribution >= 0.6 is 0 Å². The molecule has 1 unspecified atom stereocenters. The molecule has 3 N–H and O–H groups in total. The summed E-state index contributed by atoms with van der Waals surface area (Å²) in [5.41, 5.74) is 6.09. The van der Waals surface area contributed by atoms with E-state index in [4.69, 9.17) is 10.2 Å². The zero-order chi connectivity index (χ0) is 15.4. The van der Waals surface area contributed by atoms with Gasteiger partial charge >= 0.3 is 0 Å². The lowest BCUT2D eigenvalue weighted by atomic mass is 10.2. The molecule has 0 aliphatic rings. The predicted molar refractivity (Wildman–Crippen MR) is 74.5 cm³/mol. The Hall–Kier alpha value is -2.70. The smallest absolute Gasteiger partial charge is 0.286 e. The number of carbonyl (C=O) groups excluding carboxylic acids is 2. The van der Waals surface area contributed by atoms with Gasteiger partial charge in [-0.3, -0.25) is 14.6 Å². The van der Waals surface area contributed by atoms with Crippen LogP contribution in [0.25, 0.3) is 0 Å². The normalized spacial score (nSPS) is 11.9. The SMILES string of the molecule is CCC(NC(=O)c1ccncc1)c1nc(C)c(C(N)=O)o1. The summed E-state index contributed by atoms with van der Waals surface area (Å²) in [6, 6.07) is 2.78. The number of aryl methyl sites for hydroxylation is 1. The monoisotopic (exact) mass is 288 g/mol. The molecule has 1 atom stereocenters. The number of hydrogen-bond acceptors (Lipinski definition) is 5. The largest absolute Gasteiger partial charge is 0.433 e. The third-order valence-electron chi connectivity index (χ3n) is 2.99. The van der Waals surface area contributed by atoms with Gasteiger partial charge in [-0.15, -0.1) is 0 Å². The number of primary amides is 1. The average Bonchev–Trinajstić information content (AvgIpc) is 2.87. The highest BCUT2D eigenvalue weighted by molar-refractivity contribution is 5.94. The van der Waals surface area contributed by atoms with Crippen LogP contribution in [0, 0.1) is 6.92 Å². The topological polar surface area (TPSA) is 111 Å². The summed E-state index contributed by atoms with van der Waals surface area (Å²) in [4.78, 5) is 31.3. The number of pyridine rings is 1. The van der Waals surface area contributed by atoms with Crippen LogP contribution in [0.5, 0.6) is 0 Å². The molecular weight excluding hydrogens is 272 g/mol. The fourth-order valence-corrected chi connectivity index (χ4v) is 1.88. The number of amides is 2. The minimum Gasteiger partial charge on any atom is -0.433 e. The van der Waals surface area contributed by atoms with Crippen molar-refractivity contribution in [1.29, 1.82) is 0 Å². The van der Waals surface area contributed by atoms with Crippen molar-refractivity contribution in [1.82, 2.24) is 15.3 Å². The van der Waals surface area contributed by atoms with Crippen LogP contribution in [0.3, 0.4) is 0 Å². The molecule has 7 nitrogen and oxygen atoms in total. The lowest BCUT2D eigenvalue weighted by Crippen LogP contribution is -2.28. The molecule has 2 heterocycles. The quantitative estimate of drug-likeness (QED) is 0.862. The van der Waals surface area contributed by atoms with Crippen molar-refractivity contribution < 1.29 is 14.0 Å². The average molecular weight is 288 g/mol. The minimum absolute atomic E-state index is 0.0154. The van der Waals surface area contributed by atoms with Gasteiger partial charge in [0.1, 0.15) is 6.04 Å². The standard InChI is InChI=1S/C14H16N4O3/c1-3-10(14-17-8(2)11(21-14)12(15)19)18-13(20)9-4-6-16-7-5-9/h4-7,10H,3H2,1-2H3,(H2,15,19)(H,18,20). The van der Waals surface area contributed by atoms with Gasteiger partial charge in [0.2, 0.25) is 11.7 Å².